The molecule has 140 valence electrons. The fourth-order valence-corrected chi connectivity index (χ4v) is 2.91. The summed E-state index contributed by atoms with van der Waals surface area (Å²) in [7, 11) is 0. The molecule has 3 aromatic rings. The molecule has 0 unspecified atom stereocenters. The lowest BCUT2D eigenvalue weighted by molar-refractivity contribution is -0.121. The summed E-state index contributed by atoms with van der Waals surface area (Å²) in [6.07, 6.45) is 4.44. The summed E-state index contributed by atoms with van der Waals surface area (Å²) in [5.41, 5.74) is 3.85. The van der Waals surface area contributed by atoms with Gasteiger partial charge < -0.3 is 10.6 Å². The van der Waals surface area contributed by atoms with Gasteiger partial charge in [0.2, 0.25) is 5.91 Å². The van der Waals surface area contributed by atoms with Crippen molar-refractivity contribution in [3.63, 3.8) is 0 Å². The Hall–Kier alpha value is -3.22. The minimum absolute atomic E-state index is 0.0588. The molecular weight excluding hydrogens is 342 g/mol. The van der Waals surface area contributed by atoms with Gasteiger partial charge in [-0.15, -0.1) is 0 Å². The smallest absolute Gasteiger partial charge is 0.270 e. The maximum absolute atomic E-state index is 12.5. The zero-order valence-electron chi connectivity index (χ0n) is 15.5. The van der Waals surface area contributed by atoms with Crippen LogP contribution in [0.2, 0.25) is 0 Å². The van der Waals surface area contributed by atoms with Gasteiger partial charge in [-0.3, -0.25) is 19.0 Å². The Morgan fingerprint density at radius 3 is 2.74 bits per heavy atom. The molecule has 0 spiro atoms. The first-order chi connectivity index (χ1) is 13.1. The number of hydrogen-bond acceptors (Lipinski definition) is 4. The van der Waals surface area contributed by atoms with Crippen LogP contribution in [0, 0.1) is 13.8 Å². The van der Waals surface area contributed by atoms with Gasteiger partial charge in [-0.1, -0.05) is 12.1 Å². The van der Waals surface area contributed by atoms with Crippen LogP contribution in [0.3, 0.4) is 0 Å². The minimum Gasteiger partial charge on any atom is -0.351 e. The van der Waals surface area contributed by atoms with Gasteiger partial charge in [-0.25, -0.2) is 4.98 Å². The van der Waals surface area contributed by atoms with Crippen LogP contribution in [0.1, 0.15) is 40.3 Å². The van der Waals surface area contributed by atoms with Crippen molar-refractivity contribution in [3.05, 3.63) is 65.4 Å². The van der Waals surface area contributed by atoms with Gasteiger partial charge >= 0.3 is 0 Å². The maximum atomic E-state index is 12.5. The second kappa shape index (κ2) is 8.44. The van der Waals surface area contributed by atoms with Crippen molar-refractivity contribution in [2.45, 2.75) is 33.2 Å². The van der Waals surface area contributed by atoms with Crippen molar-refractivity contribution < 1.29 is 9.59 Å². The molecule has 0 fully saturated rings. The number of carbonyl (C=O) groups excluding carboxylic acids is 2. The summed E-state index contributed by atoms with van der Waals surface area (Å²) in [4.78, 5) is 33.1. The Morgan fingerprint density at radius 1 is 1.11 bits per heavy atom. The highest BCUT2D eigenvalue weighted by Crippen LogP contribution is 2.15. The van der Waals surface area contributed by atoms with Crippen LogP contribution in [0.25, 0.3) is 5.65 Å². The first kappa shape index (κ1) is 18.6. The highest BCUT2D eigenvalue weighted by Gasteiger charge is 2.16. The first-order valence-electron chi connectivity index (χ1n) is 8.95. The second-order valence-corrected chi connectivity index (χ2v) is 6.39. The summed E-state index contributed by atoms with van der Waals surface area (Å²) < 4.78 is 1.81. The highest BCUT2D eigenvalue weighted by atomic mass is 16.2. The molecule has 3 heterocycles. The van der Waals surface area contributed by atoms with Crippen LogP contribution in [-0.4, -0.2) is 32.7 Å². The monoisotopic (exact) mass is 365 g/mol. The number of hydrogen-bond donors (Lipinski definition) is 2. The van der Waals surface area contributed by atoms with E-state index in [9.17, 15) is 9.59 Å². The first-order valence-corrected chi connectivity index (χ1v) is 8.95. The number of amides is 2. The Bertz CT molecular complexity index is 950. The molecular formula is C20H23N5O2. The molecule has 3 rings (SSSR count). The van der Waals surface area contributed by atoms with Crippen LogP contribution in [0.4, 0.5) is 0 Å². The van der Waals surface area contributed by atoms with Crippen LogP contribution >= 0.6 is 0 Å². The standard InChI is InChI=1S/C20H23N5O2/c1-14-7-6-12-25-18(15(2)24-19(14)25)20(27)22-11-5-9-17(26)23-13-16-8-3-4-10-21-16/h3-4,6-8,10,12H,5,9,11,13H2,1-2H3,(H,22,27)(H,23,26). The second-order valence-electron chi connectivity index (χ2n) is 6.39. The predicted octanol–water partition coefficient (Wildman–Crippen LogP) is 2.17. The van der Waals surface area contributed by atoms with E-state index >= 15 is 0 Å². The van der Waals surface area contributed by atoms with Crippen molar-refractivity contribution in [2.24, 2.45) is 0 Å². The Labute approximate surface area is 157 Å². The lowest BCUT2D eigenvalue weighted by Gasteiger charge is -2.07. The Kier molecular flexibility index (Phi) is 5.80. The van der Waals surface area contributed by atoms with E-state index in [1.807, 2.05) is 50.4 Å². The molecule has 0 radical (unpaired) electrons. The molecule has 0 aromatic carbocycles. The summed E-state index contributed by atoms with van der Waals surface area (Å²) in [6, 6.07) is 9.44. The zero-order chi connectivity index (χ0) is 19.2. The van der Waals surface area contributed by atoms with E-state index in [2.05, 4.69) is 20.6 Å². The third-order valence-electron chi connectivity index (χ3n) is 4.29. The number of rotatable bonds is 7. The Morgan fingerprint density at radius 2 is 1.96 bits per heavy atom. The average molecular weight is 365 g/mol. The van der Waals surface area contributed by atoms with Crippen molar-refractivity contribution >= 4 is 17.5 Å². The summed E-state index contributed by atoms with van der Waals surface area (Å²) in [5, 5.41) is 5.70. The van der Waals surface area contributed by atoms with Crippen molar-refractivity contribution in [3.8, 4) is 0 Å². The van der Waals surface area contributed by atoms with Crippen LogP contribution < -0.4 is 10.6 Å². The lowest BCUT2D eigenvalue weighted by atomic mass is 10.2. The van der Waals surface area contributed by atoms with Gasteiger partial charge in [-0.05, 0) is 44.0 Å². The molecule has 3 aromatic heterocycles. The minimum atomic E-state index is -0.181. The van der Waals surface area contributed by atoms with Gasteiger partial charge in [0.05, 0.1) is 17.9 Å². The number of nitrogens with zero attached hydrogens (tertiary/aromatic N) is 3. The third-order valence-corrected chi connectivity index (χ3v) is 4.29. The Balaban J connectivity index is 1.47. The van der Waals surface area contributed by atoms with Gasteiger partial charge in [0.25, 0.3) is 5.91 Å². The molecule has 0 saturated heterocycles. The van der Waals surface area contributed by atoms with E-state index in [0.717, 1.165) is 16.9 Å². The number of pyridine rings is 2. The average Bonchev–Trinajstić information content (AvgIpc) is 3.02. The zero-order valence-corrected chi connectivity index (χ0v) is 15.5. The van der Waals surface area contributed by atoms with E-state index in [1.165, 1.54) is 0 Å². The van der Waals surface area contributed by atoms with Gasteiger partial charge in [0.1, 0.15) is 11.3 Å². The topological polar surface area (TPSA) is 88.4 Å². The molecule has 0 atom stereocenters. The van der Waals surface area contributed by atoms with E-state index < -0.39 is 0 Å². The van der Waals surface area contributed by atoms with E-state index in [0.29, 0.717) is 37.3 Å². The SMILES string of the molecule is Cc1nc2c(C)cccn2c1C(=O)NCCCC(=O)NCc1ccccn1. The van der Waals surface area contributed by atoms with E-state index in [4.69, 9.17) is 0 Å². The highest BCUT2D eigenvalue weighted by molar-refractivity contribution is 5.94. The third kappa shape index (κ3) is 4.49. The summed E-state index contributed by atoms with van der Waals surface area (Å²) >= 11 is 0. The fraction of sp³-hybridized carbons (Fsp3) is 0.300. The number of nitrogens with one attached hydrogen (secondary N) is 2. The molecule has 0 aliphatic carbocycles. The molecule has 7 heteroatoms. The molecule has 0 aliphatic rings. The lowest BCUT2D eigenvalue weighted by Crippen LogP contribution is -2.28. The van der Waals surface area contributed by atoms with E-state index in [-0.39, 0.29) is 11.8 Å². The normalized spacial score (nSPS) is 10.7. The molecule has 7 nitrogen and oxygen atoms in total. The molecule has 2 N–H and O–H groups in total. The number of aryl methyl sites for hydroxylation is 2. The van der Waals surface area contributed by atoms with Crippen molar-refractivity contribution in [1.82, 2.24) is 25.0 Å². The molecule has 27 heavy (non-hydrogen) atoms. The number of fused-ring (bicyclic) bond motifs is 1. The van der Waals surface area contributed by atoms with Gasteiger partial charge in [0, 0.05) is 25.4 Å². The van der Waals surface area contributed by atoms with Crippen LogP contribution in [0.15, 0.2) is 42.7 Å². The van der Waals surface area contributed by atoms with Gasteiger partial charge in [0.15, 0.2) is 0 Å². The van der Waals surface area contributed by atoms with Crippen molar-refractivity contribution in [1.29, 1.82) is 0 Å². The number of carbonyl (C=O) groups is 2. The maximum Gasteiger partial charge on any atom is 0.270 e. The van der Waals surface area contributed by atoms with Crippen molar-refractivity contribution in [2.75, 3.05) is 6.54 Å². The largest absolute Gasteiger partial charge is 0.351 e. The van der Waals surface area contributed by atoms with Gasteiger partial charge in [-0.2, -0.15) is 0 Å². The van der Waals surface area contributed by atoms with E-state index in [1.54, 1.807) is 10.6 Å². The van der Waals surface area contributed by atoms with Crippen LogP contribution in [0.5, 0.6) is 0 Å². The quantitative estimate of drug-likeness (QED) is 0.628. The molecule has 2 amide bonds. The molecule has 0 aliphatic heterocycles. The predicted molar refractivity (Wildman–Crippen MR) is 102 cm³/mol. The number of aromatic nitrogens is 3. The molecule has 0 bridgehead atoms. The fourth-order valence-electron chi connectivity index (χ4n) is 2.91. The summed E-state index contributed by atoms with van der Waals surface area (Å²) in [6.45, 7) is 4.63. The summed E-state index contributed by atoms with van der Waals surface area (Å²) in [5.74, 6) is -0.240. The molecule has 0 saturated carbocycles. The number of imidazole rings is 1. The van der Waals surface area contributed by atoms with Crippen LogP contribution in [-0.2, 0) is 11.3 Å².